The molecule has 0 saturated heterocycles. The summed E-state index contributed by atoms with van der Waals surface area (Å²) in [5, 5.41) is 0. The molecule has 80 valence electrons. The molecule has 0 fully saturated rings. The Balaban J connectivity index is 2.55. The summed E-state index contributed by atoms with van der Waals surface area (Å²) >= 11 is 0. The average Bonchev–Trinajstić information content (AvgIpc) is 2.54. The standard InChI is InChI=1S/C10H19N2O2/c1-4-14-9-12-6-5-11(10(12)2)7-8-13-3/h5-6H,4,7-9H2,1-3H3/q+1. The first-order valence-electron chi connectivity index (χ1n) is 4.91. The van der Waals surface area contributed by atoms with Crippen molar-refractivity contribution in [3.63, 3.8) is 0 Å². The Hall–Kier alpha value is -0.870. The van der Waals surface area contributed by atoms with E-state index in [2.05, 4.69) is 16.1 Å². The Morgan fingerprint density at radius 1 is 1.50 bits per heavy atom. The highest BCUT2D eigenvalue weighted by Crippen LogP contribution is 1.93. The third-order valence-electron chi connectivity index (χ3n) is 2.23. The molecule has 0 aliphatic heterocycles. The molecule has 0 N–H and O–H groups in total. The lowest BCUT2D eigenvalue weighted by molar-refractivity contribution is -0.737. The van der Waals surface area contributed by atoms with Gasteiger partial charge in [0.1, 0.15) is 18.9 Å². The third-order valence-corrected chi connectivity index (χ3v) is 2.23. The predicted molar refractivity (Wildman–Crippen MR) is 52.9 cm³/mol. The minimum atomic E-state index is 0.627. The van der Waals surface area contributed by atoms with E-state index in [1.54, 1.807) is 7.11 Å². The molecular weight excluding hydrogens is 180 g/mol. The number of hydrogen-bond donors (Lipinski definition) is 0. The van der Waals surface area contributed by atoms with E-state index in [1.807, 2.05) is 19.3 Å². The zero-order chi connectivity index (χ0) is 10.4. The lowest BCUT2D eigenvalue weighted by Crippen LogP contribution is -2.37. The monoisotopic (exact) mass is 199 g/mol. The smallest absolute Gasteiger partial charge is 0.255 e. The van der Waals surface area contributed by atoms with Gasteiger partial charge in [0, 0.05) is 20.6 Å². The van der Waals surface area contributed by atoms with Crippen LogP contribution in [-0.4, -0.2) is 24.9 Å². The Kier molecular flexibility index (Phi) is 4.62. The molecule has 0 radical (unpaired) electrons. The van der Waals surface area contributed by atoms with Crippen molar-refractivity contribution in [2.45, 2.75) is 27.1 Å². The van der Waals surface area contributed by atoms with Gasteiger partial charge in [0.25, 0.3) is 5.82 Å². The third kappa shape index (κ3) is 2.82. The molecule has 0 spiro atoms. The number of hydrogen-bond acceptors (Lipinski definition) is 2. The molecule has 0 amide bonds. The first-order valence-corrected chi connectivity index (χ1v) is 4.91. The molecular formula is C10H19N2O2+. The average molecular weight is 199 g/mol. The molecule has 1 aromatic heterocycles. The van der Waals surface area contributed by atoms with Crippen LogP contribution in [0.3, 0.4) is 0 Å². The van der Waals surface area contributed by atoms with Crippen LogP contribution in [0, 0.1) is 6.92 Å². The van der Waals surface area contributed by atoms with Crippen LogP contribution in [0.4, 0.5) is 0 Å². The quantitative estimate of drug-likeness (QED) is 0.631. The van der Waals surface area contributed by atoms with Gasteiger partial charge in [0.05, 0.1) is 6.61 Å². The molecule has 0 bridgehead atoms. The first-order chi connectivity index (χ1) is 6.79. The van der Waals surface area contributed by atoms with Gasteiger partial charge in [-0.15, -0.1) is 0 Å². The molecule has 0 atom stereocenters. The Labute approximate surface area is 85.1 Å². The first kappa shape index (κ1) is 11.2. The maximum atomic E-state index is 5.34. The Morgan fingerprint density at radius 3 is 2.93 bits per heavy atom. The van der Waals surface area contributed by atoms with Crippen LogP contribution >= 0.6 is 0 Å². The predicted octanol–water partition coefficient (Wildman–Crippen LogP) is 0.724. The lowest BCUT2D eigenvalue weighted by Gasteiger charge is -2.00. The number of methoxy groups -OCH3 is 1. The minimum absolute atomic E-state index is 0.627. The zero-order valence-corrected chi connectivity index (χ0v) is 9.19. The zero-order valence-electron chi connectivity index (χ0n) is 9.19. The molecule has 0 aromatic carbocycles. The fraction of sp³-hybridized carbons (Fsp3) is 0.700. The van der Waals surface area contributed by atoms with Crippen LogP contribution in [0.1, 0.15) is 12.7 Å². The molecule has 0 unspecified atom stereocenters. The minimum Gasteiger partial charge on any atom is -0.381 e. The van der Waals surface area contributed by atoms with Gasteiger partial charge in [-0.3, -0.25) is 0 Å². The molecule has 1 heterocycles. The number of nitrogens with zero attached hydrogens (tertiary/aromatic N) is 2. The van der Waals surface area contributed by atoms with Crippen molar-refractivity contribution in [2.75, 3.05) is 20.3 Å². The van der Waals surface area contributed by atoms with Crippen LogP contribution in [0.25, 0.3) is 0 Å². The molecule has 0 saturated carbocycles. The summed E-state index contributed by atoms with van der Waals surface area (Å²) in [7, 11) is 1.72. The summed E-state index contributed by atoms with van der Waals surface area (Å²) < 4.78 is 14.6. The van der Waals surface area contributed by atoms with Gasteiger partial charge in [-0.25, -0.2) is 9.13 Å². The Morgan fingerprint density at radius 2 is 2.29 bits per heavy atom. The summed E-state index contributed by atoms with van der Waals surface area (Å²) in [4.78, 5) is 0. The van der Waals surface area contributed by atoms with Crippen LogP contribution in [0.2, 0.25) is 0 Å². The number of ether oxygens (including phenoxy) is 2. The summed E-state index contributed by atoms with van der Waals surface area (Å²) in [6.45, 7) is 7.08. The van der Waals surface area contributed by atoms with Gasteiger partial charge in [0.2, 0.25) is 0 Å². The topological polar surface area (TPSA) is 27.3 Å². The van der Waals surface area contributed by atoms with Crippen molar-refractivity contribution in [3.8, 4) is 0 Å². The molecule has 14 heavy (non-hydrogen) atoms. The molecule has 1 aromatic rings. The van der Waals surface area contributed by atoms with Gasteiger partial charge in [-0.2, -0.15) is 0 Å². The van der Waals surface area contributed by atoms with E-state index in [1.165, 1.54) is 5.82 Å². The summed E-state index contributed by atoms with van der Waals surface area (Å²) in [5.41, 5.74) is 0. The lowest BCUT2D eigenvalue weighted by atomic mass is 10.6. The highest BCUT2D eigenvalue weighted by atomic mass is 16.5. The maximum absolute atomic E-state index is 5.34. The molecule has 0 aliphatic rings. The van der Waals surface area contributed by atoms with Crippen LogP contribution < -0.4 is 4.57 Å². The highest BCUT2D eigenvalue weighted by molar-refractivity contribution is 4.78. The van der Waals surface area contributed by atoms with Crippen molar-refractivity contribution < 1.29 is 14.0 Å². The van der Waals surface area contributed by atoms with Gasteiger partial charge in [-0.05, 0) is 6.92 Å². The number of rotatable bonds is 6. The van der Waals surface area contributed by atoms with E-state index in [0.29, 0.717) is 6.73 Å². The molecule has 1 rings (SSSR count). The Bertz CT molecular complexity index is 246. The van der Waals surface area contributed by atoms with Crippen molar-refractivity contribution in [2.24, 2.45) is 0 Å². The summed E-state index contributed by atoms with van der Waals surface area (Å²) in [6, 6.07) is 0. The van der Waals surface area contributed by atoms with Gasteiger partial charge >= 0.3 is 0 Å². The van der Waals surface area contributed by atoms with E-state index in [9.17, 15) is 0 Å². The SMILES string of the molecule is CCOC[n+]1ccn(CCOC)c1C. The van der Waals surface area contributed by atoms with Crippen molar-refractivity contribution >= 4 is 0 Å². The summed E-state index contributed by atoms with van der Waals surface area (Å²) in [5.74, 6) is 1.19. The van der Waals surface area contributed by atoms with Crippen LogP contribution in [0.5, 0.6) is 0 Å². The normalized spacial score (nSPS) is 10.8. The van der Waals surface area contributed by atoms with E-state index in [0.717, 1.165) is 19.8 Å². The van der Waals surface area contributed by atoms with Gasteiger partial charge in [0.15, 0.2) is 6.73 Å². The van der Waals surface area contributed by atoms with E-state index in [-0.39, 0.29) is 0 Å². The van der Waals surface area contributed by atoms with Crippen LogP contribution in [0.15, 0.2) is 12.4 Å². The van der Waals surface area contributed by atoms with E-state index in [4.69, 9.17) is 9.47 Å². The summed E-state index contributed by atoms with van der Waals surface area (Å²) in [6.07, 6.45) is 4.08. The van der Waals surface area contributed by atoms with Crippen molar-refractivity contribution in [3.05, 3.63) is 18.2 Å². The van der Waals surface area contributed by atoms with Gasteiger partial charge in [-0.1, -0.05) is 0 Å². The van der Waals surface area contributed by atoms with Crippen LogP contribution in [-0.2, 0) is 22.7 Å². The number of imidazole rings is 1. The maximum Gasteiger partial charge on any atom is 0.255 e. The number of aromatic nitrogens is 2. The van der Waals surface area contributed by atoms with Crippen molar-refractivity contribution in [1.29, 1.82) is 0 Å². The van der Waals surface area contributed by atoms with E-state index >= 15 is 0 Å². The molecule has 4 heteroatoms. The second-order valence-electron chi connectivity index (χ2n) is 3.12. The fourth-order valence-electron chi connectivity index (χ4n) is 1.29. The van der Waals surface area contributed by atoms with Crippen molar-refractivity contribution in [1.82, 2.24) is 4.57 Å². The molecule has 4 nitrogen and oxygen atoms in total. The van der Waals surface area contributed by atoms with E-state index < -0.39 is 0 Å². The van der Waals surface area contributed by atoms with Gasteiger partial charge < -0.3 is 9.47 Å². The largest absolute Gasteiger partial charge is 0.381 e. The second kappa shape index (κ2) is 5.78. The highest BCUT2D eigenvalue weighted by Gasteiger charge is 2.10. The molecule has 0 aliphatic carbocycles. The second-order valence-corrected chi connectivity index (χ2v) is 3.12. The fourth-order valence-corrected chi connectivity index (χ4v) is 1.29.